The van der Waals surface area contributed by atoms with Crippen LogP contribution >= 0.6 is 0 Å². The number of carbonyl (C=O) groups excluding carboxylic acids is 1. The Kier molecular flexibility index (Phi) is 5.98. The summed E-state index contributed by atoms with van der Waals surface area (Å²) < 4.78 is 10.5. The van der Waals surface area contributed by atoms with Crippen molar-refractivity contribution < 1.29 is 14.3 Å². The molecule has 0 atom stereocenters. The second-order valence-electron chi connectivity index (χ2n) is 4.16. The fraction of sp³-hybridized carbons (Fsp3) is 0.400. The lowest BCUT2D eigenvalue weighted by molar-refractivity contribution is -0.139. The Bertz CT molecular complexity index is 410. The van der Waals surface area contributed by atoms with Crippen LogP contribution in [0.25, 0.3) is 0 Å². The van der Waals surface area contributed by atoms with Gasteiger partial charge in [-0.3, -0.25) is 0 Å². The highest BCUT2D eigenvalue weighted by molar-refractivity contribution is 5.86. The summed E-state index contributed by atoms with van der Waals surface area (Å²) in [6.45, 7) is 7.87. The van der Waals surface area contributed by atoms with Crippen molar-refractivity contribution in [3.63, 3.8) is 0 Å². The van der Waals surface area contributed by atoms with Gasteiger partial charge in [-0.05, 0) is 31.0 Å². The van der Waals surface area contributed by atoms with E-state index in [-0.39, 0.29) is 12.6 Å². The summed E-state index contributed by atoms with van der Waals surface area (Å²) in [5, 5.41) is 0. The SMILES string of the molecule is C=C(C)C(=O)OCCOc1cccc(CCC)c1. The Balaban J connectivity index is 2.33. The third kappa shape index (κ3) is 5.04. The van der Waals surface area contributed by atoms with Gasteiger partial charge in [-0.1, -0.05) is 32.1 Å². The maximum Gasteiger partial charge on any atom is 0.333 e. The van der Waals surface area contributed by atoms with Crippen LogP contribution in [0.1, 0.15) is 25.8 Å². The van der Waals surface area contributed by atoms with Crippen LogP contribution in [0.4, 0.5) is 0 Å². The molecule has 1 aromatic carbocycles. The van der Waals surface area contributed by atoms with Crippen molar-refractivity contribution >= 4 is 5.97 Å². The first-order valence-corrected chi connectivity index (χ1v) is 6.18. The molecule has 3 nitrogen and oxygen atoms in total. The van der Waals surface area contributed by atoms with E-state index in [9.17, 15) is 4.79 Å². The van der Waals surface area contributed by atoms with Gasteiger partial charge >= 0.3 is 5.97 Å². The average Bonchev–Trinajstić information content (AvgIpc) is 2.35. The Hall–Kier alpha value is -1.77. The van der Waals surface area contributed by atoms with Gasteiger partial charge in [-0.2, -0.15) is 0 Å². The lowest BCUT2D eigenvalue weighted by Crippen LogP contribution is -2.12. The summed E-state index contributed by atoms with van der Waals surface area (Å²) in [4.78, 5) is 11.1. The van der Waals surface area contributed by atoms with Crippen molar-refractivity contribution in [3.8, 4) is 5.75 Å². The Morgan fingerprint density at radius 2 is 2.11 bits per heavy atom. The molecule has 0 fully saturated rings. The van der Waals surface area contributed by atoms with Gasteiger partial charge < -0.3 is 9.47 Å². The number of hydrogen-bond donors (Lipinski definition) is 0. The van der Waals surface area contributed by atoms with Crippen LogP contribution in [-0.2, 0) is 16.0 Å². The van der Waals surface area contributed by atoms with Crippen LogP contribution in [0.3, 0.4) is 0 Å². The monoisotopic (exact) mass is 248 g/mol. The van der Waals surface area contributed by atoms with Crippen molar-refractivity contribution in [3.05, 3.63) is 42.0 Å². The van der Waals surface area contributed by atoms with Gasteiger partial charge in [0, 0.05) is 5.57 Å². The number of rotatable bonds is 7. The van der Waals surface area contributed by atoms with E-state index in [0.717, 1.165) is 18.6 Å². The molecule has 3 heteroatoms. The van der Waals surface area contributed by atoms with E-state index in [1.807, 2.05) is 18.2 Å². The van der Waals surface area contributed by atoms with E-state index in [1.54, 1.807) is 6.92 Å². The fourth-order valence-corrected chi connectivity index (χ4v) is 1.50. The molecule has 98 valence electrons. The number of ether oxygens (including phenoxy) is 2. The molecular weight excluding hydrogens is 228 g/mol. The van der Waals surface area contributed by atoms with Gasteiger partial charge in [0.25, 0.3) is 0 Å². The molecule has 1 aromatic rings. The zero-order valence-corrected chi connectivity index (χ0v) is 11.1. The molecule has 0 saturated carbocycles. The topological polar surface area (TPSA) is 35.5 Å². The zero-order valence-electron chi connectivity index (χ0n) is 11.1. The first-order valence-electron chi connectivity index (χ1n) is 6.18. The molecule has 18 heavy (non-hydrogen) atoms. The van der Waals surface area contributed by atoms with E-state index < -0.39 is 0 Å². The zero-order chi connectivity index (χ0) is 13.4. The first kappa shape index (κ1) is 14.3. The Labute approximate surface area is 108 Å². The number of carbonyl (C=O) groups is 1. The average molecular weight is 248 g/mol. The molecular formula is C15H20O3. The molecule has 0 spiro atoms. The molecule has 0 N–H and O–H groups in total. The summed E-state index contributed by atoms with van der Waals surface area (Å²) in [6, 6.07) is 7.97. The van der Waals surface area contributed by atoms with Gasteiger partial charge in [0.1, 0.15) is 19.0 Å². The van der Waals surface area contributed by atoms with Crippen molar-refractivity contribution in [2.75, 3.05) is 13.2 Å². The maximum absolute atomic E-state index is 11.1. The number of hydrogen-bond acceptors (Lipinski definition) is 3. The normalized spacial score (nSPS) is 9.89. The smallest absolute Gasteiger partial charge is 0.333 e. The van der Waals surface area contributed by atoms with E-state index in [0.29, 0.717) is 12.2 Å². The summed E-state index contributed by atoms with van der Waals surface area (Å²) in [5.74, 6) is 0.436. The molecule has 0 saturated heterocycles. The van der Waals surface area contributed by atoms with Gasteiger partial charge in [0.05, 0.1) is 0 Å². The van der Waals surface area contributed by atoms with Crippen molar-refractivity contribution in [1.82, 2.24) is 0 Å². The predicted molar refractivity (Wildman–Crippen MR) is 71.7 cm³/mol. The lowest BCUT2D eigenvalue weighted by Gasteiger charge is -2.08. The van der Waals surface area contributed by atoms with Crippen LogP contribution < -0.4 is 4.74 Å². The predicted octanol–water partition coefficient (Wildman–Crippen LogP) is 3.14. The minimum atomic E-state index is -0.377. The third-order valence-corrected chi connectivity index (χ3v) is 2.37. The van der Waals surface area contributed by atoms with Crippen molar-refractivity contribution in [1.29, 1.82) is 0 Å². The van der Waals surface area contributed by atoms with Crippen LogP contribution in [0.2, 0.25) is 0 Å². The van der Waals surface area contributed by atoms with Crippen LogP contribution in [0.15, 0.2) is 36.4 Å². The summed E-state index contributed by atoms with van der Waals surface area (Å²) in [6.07, 6.45) is 2.15. The number of aryl methyl sites for hydroxylation is 1. The highest BCUT2D eigenvalue weighted by atomic mass is 16.6. The third-order valence-electron chi connectivity index (χ3n) is 2.37. The highest BCUT2D eigenvalue weighted by Gasteiger charge is 2.02. The quantitative estimate of drug-likeness (QED) is 0.422. The Morgan fingerprint density at radius 3 is 2.78 bits per heavy atom. The first-order chi connectivity index (χ1) is 8.63. The van der Waals surface area contributed by atoms with Crippen LogP contribution in [0, 0.1) is 0 Å². The fourth-order valence-electron chi connectivity index (χ4n) is 1.50. The van der Waals surface area contributed by atoms with Crippen molar-refractivity contribution in [2.45, 2.75) is 26.7 Å². The molecule has 0 aliphatic rings. The summed E-state index contributed by atoms with van der Waals surface area (Å²) in [5.41, 5.74) is 1.66. The highest BCUT2D eigenvalue weighted by Crippen LogP contribution is 2.14. The second kappa shape index (κ2) is 7.54. The van der Waals surface area contributed by atoms with E-state index in [4.69, 9.17) is 9.47 Å². The van der Waals surface area contributed by atoms with Gasteiger partial charge in [0.15, 0.2) is 0 Å². The number of esters is 1. The lowest BCUT2D eigenvalue weighted by atomic mass is 10.1. The second-order valence-corrected chi connectivity index (χ2v) is 4.16. The van der Waals surface area contributed by atoms with E-state index >= 15 is 0 Å². The van der Waals surface area contributed by atoms with Gasteiger partial charge in [-0.15, -0.1) is 0 Å². The Morgan fingerprint density at radius 1 is 1.33 bits per heavy atom. The molecule has 1 rings (SSSR count). The van der Waals surface area contributed by atoms with Gasteiger partial charge in [-0.25, -0.2) is 4.79 Å². The minimum Gasteiger partial charge on any atom is -0.490 e. The van der Waals surface area contributed by atoms with Crippen molar-refractivity contribution in [2.24, 2.45) is 0 Å². The minimum absolute atomic E-state index is 0.240. The van der Waals surface area contributed by atoms with Crippen LogP contribution in [-0.4, -0.2) is 19.2 Å². The summed E-state index contributed by atoms with van der Waals surface area (Å²) in [7, 11) is 0. The summed E-state index contributed by atoms with van der Waals surface area (Å²) >= 11 is 0. The molecule has 0 bridgehead atoms. The standard InChI is InChI=1S/C15H20O3/c1-4-6-13-7-5-8-14(11-13)17-9-10-18-15(16)12(2)3/h5,7-8,11H,2,4,6,9-10H2,1,3H3. The van der Waals surface area contributed by atoms with Crippen LogP contribution in [0.5, 0.6) is 5.75 Å². The molecule has 0 amide bonds. The maximum atomic E-state index is 11.1. The molecule has 0 heterocycles. The van der Waals surface area contributed by atoms with Gasteiger partial charge in [0.2, 0.25) is 0 Å². The van der Waals surface area contributed by atoms with E-state index in [1.165, 1.54) is 5.56 Å². The molecule has 0 unspecified atom stereocenters. The molecule has 0 radical (unpaired) electrons. The number of benzene rings is 1. The molecule has 0 aliphatic heterocycles. The molecule has 0 aromatic heterocycles. The largest absolute Gasteiger partial charge is 0.490 e. The van der Waals surface area contributed by atoms with E-state index in [2.05, 4.69) is 19.6 Å². The molecule has 0 aliphatic carbocycles.